The number of hydrogen-bond donors (Lipinski definition) is 1. The maximum atomic E-state index is 14.1. The van der Waals surface area contributed by atoms with Crippen LogP contribution in [0.3, 0.4) is 0 Å². The number of hydrogen-bond acceptors (Lipinski definition) is 4. The number of likely N-dealkylation sites (N-methyl/N-ethyl adjacent to an activating group) is 1. The Morgan fingerprint density at radius 1 is 1.24 bits per heavy atom. The largest absolute Gasteiger partial charge is 0.382 e. The summed E-state index contributed by atoms with van der Waals surface area (Å²) >= 11 is 0. The minimum atomic E-state index is -0.454. The first kappa shape index (κ1) is 22.9. The van der Waals surface area contributed by atoms with Crippen molar-refractivity contribution in [2.24, 2.45) is 4.99 Å². The number of anilines is 1. The molecule has 162 valence electrons. The molecule has 1 N–H and O–H groups in total. The number of aliphatic imine (C=N–C) groups is 1. The molecule has 1 saturated heterocycles. The standard InChI is InChI=1S/C20H31F2N5O2/c1-4-29-13-5-8-23-20(24-15-19(28)25(2)3)27-11-9-26(10-12-27)18-14-16(21)6-7-17(18)22/h6-7,14H,4-5,8-13,15H2,1-3H3,(H,23,24). The lowest BCUT2D eigenvalue weighted by Gasteiger charge is -2.38. The van der Waals surface area contributed by atoms with Crippen molar-refractivity contribution in [3.63, 3.8) is 0 Å². The van der Waals surface area contributed by atoms with Crippen LogP contribution in [0.25, 0.3) is 0 Å². The highest BCUT2D eigenvalue weighted by Gasteiger charge is 2.22. The third-order valence-electron chi connectivity index (χ3n) is 4.64. The Morgan fingerprint density at radius 3 is 2.62 bits per heavy atom. The number of ether oxygens (including phenoxy) is 1. The van der Waals surface area contributed by atoms with E-state index in [2.05, 4.69) is 10.3 Å². The van der Waals surface area contributed by atoms with E-state index >= 15 is 0 Å². The molecule has 29 heavy (non-hydrogen) atoms. The van der Waals surface area contributed by atoms with Crippen LogP contribution in [0.15, 0.2) is 23.2 Å². The van der Waals surface area contributed by atoms with E-state index in [1.54, 1.807) is 14.1 Å². The van der Waals surface area contributed by atoms with Crippen LogP contribution in [0.1, 0.15) is 13.3 Å². The second kappa shape index (κ2) is 11.5. The number of rotatable bonds is 8. The Morgan fingerprint density at radius 2 is 1.97 bits per heavy atom. The number of carbonyl (C=O) groups excluding carboxylic acids is 1. The molecule has 9 heteroatoms. The normalized spacial score (nSPS) is 14.9. The second-order valence-corrected chi connectivity index (χ2v) is 6.98. The first-order valence-corrected chi connectivity index (χ1v) is 9.93. The van der Waals surface area contributed by atoms with E-state index in [1.807, 2.05) is 16.7 Å². The zero-order chi connectivity index (χ0) is 21.2. The highest BCUT2D eigenvalue weighted by atomic mass is 19.1. The van der Waals surface area contributed by atoms with Crippen LogP contribution in [0, 0.1) is 11.6 Å². The Balaban J connectivity index is 1.98. The third-order valence-corrected chi connectivity index (χ3v) is 4.64. The molecule has 0 spiro atoms. The summed E-state index contributed by atoms with van der Waals surface area (Å²) < 4.78 is 32.9. The molecule has 1 aromatic rings. The number of benzene rings is 1. The Hall–Kier alpha value is -2.42. The van der Waals surface area contributed by atoms with Gasteiger partial charge in [0.25, 0.3) is 0 Å². The fourth-order valence-corrected chi connectivity index (χ4v) is 2.96. The lowest BCUT2D eigenvalue weighted by molar-refractivity contribution is -0.127. The molecule has 1 amide bonds. The number of guanidine groups is 1. The molecule has 0 atom stereocenters. The molecule has 0 unspecified atom stereocenters. The van der Waals surface area contributed by atoms with Gasteiger partial charge in [0.2, 0.25) is 5.91 Å². The summed E-state index contributed by atoms with van der Waals surface area (Å²) in [4.78, 5) is 21.7. The summed E-state index contributed by atoms with van der Waals surface area (Å²) in [6, 6.07) is 3.49. The smallest absolute Gasteiger partial charge is 0.243 e. The minimum absolute atomic E-state index is 0.0551. The molecule has 2 rings (SSSR count). The number of nitrogens with one attached hydrogen (secondary N) is 1. The molecule has 1 fully saturated rings. The zero-order valence-electron chi connectivity index (χ0n) is 17.5. The van der Waals surface area contributed by atoms with Crippen LogP contribution < -0.4 is 10.2 Å². The van der Waals surface area contributed by atoms with Crippen LogP contribution in [0.5, 0.6) is 0 Å². The molecule has 1 heterocycles. The topological polar surface area (TPSA) is 60.4 Å². The molecular weight excluding hydrogens is 380 g/mol. The summed E-state index contributed by atoms with van der Waals surface area (Å²) in [5, 5.41) is 3.29. The number of piperazine rings is 1. The molecule has 7 nitrogen and oxygen atoms in total. The van der Waals surface area contributed by atoms with Gasteiger partial charge in [0.1, 0.15) is 18.2 Å². The van der Waals surface area contributed by atoms with Crippen molar-refractivity contribution in [1.82, 2.24) is 15.1 Å². The number of halogens is 2. The van der Waals surface area contributed by atoms with Crippen molar-refractivity contribution in [3.05, 3.63) is 29.8 Å². The maximum Gasteiger partial charge on any atom is 0.243 e. The van der Waals surface area contributed by atoms with Gasteiger partial charge in [0.05, 0.1) is 5.69 Å². The Labute approximate surface area is 171 Å². The number of carbonyl (C=O) groups is 1. The summed E-state index contributed by atoms with van der Waals surface area (Å²) in [7, 11) is 3.39. The van der Waals surface area contributed by atoms with Crippen LogP contribution in [0.4, 0.5) is 14.5 Å². The van der Waals surface area contributed by atoms with Gasteiger partial charge in [0.15, 0.2) is 5.96 Å². The molecule has 0 aromatic heterocycles. The van der Waals surface area contributed by atoms with Gasteiger partial charge in [-0.1, -0.05) is 0 Å². The van der Waals surface area contributed by atoms with E-state index in [0.717, 1.165) is 18.6 Å². The molecule has 1 aliphatic rings. The predicted molar refractivity (Wildman–Crippen MR) is 110 cm³/mol. The van der Waals surface area contributed by atoms with Crippen molar-refractivity contribution < 1.29 is 18.3 Å². The van der Waals surface area contributed by atoms with Crippen molar-refractivity contribution in [2.45, 2.75) is 13.3 Å². The van der Waals surface area contributed by atoms with Gasteiger partial charge < -0.3 is 24.8 Å². The quantitative estimate of drug-likeness (QED) is 0.400. The highest BCUT2D eigenvalue weighted by molar-refractivity contribution is 5.85. The third kappa shape index (κ3) is 7.16. The molecular formula is C20H31F2N5O2. The monoisotopic (exact) mass is 411 g/mol. The first-order valence-electron chi connectivity index (χ1n) is 9.93. The van der Waals surface area contributed by atoms with Gasteiger partial charge in [-0.25, -0.2) is 13.8 Å². The van der Waals surface area contributed by atoms with E-state index in [9.17, 15) is 13.6 Å². The van der Waals surface area contributed by atoms with Crippen molar-refractivity contribution >= 4 is 17.6 Å². The van der Waals surface area contributed by atoms with Gasteiger partial charge in [0, 0.05) is 66.1 Å². The average molecular weight is 411 g/mol. The van der Waals surface area contributed by atoms with Gasteiger partial charge >= 0.3 is 0 Å². The van der Waals surface area contributed by atoms with E-state index in [1.165, 1.54) is 11.0 Å². The predicted octanol–water partition coefficient (Wildman–Crippen LogP) is 1.55. The summed E-state index contributed by atoms with van der Waals surface area (Å²) in [6.07, 6.45) is 0.822. The van der Waals surface area contributed by atoms with Crippen molar-refractivity contribution in [3.8, 4) is 0 Å². The van der Waals surface area contributed by atoms with E-state index in [-0.39, 0.29) is 18.1 Å². The molecule has 0 bridgehead atoms. The molecule has 1 aromatic carbocycles. The van der Waals surface area contributed by atoms with Crippen LogP contribution in [0.2, 0.25) is 0 Å². The Bertz CT molecular complexity index is 691. The van der Waals surface area contributed by atoms with Crippen LogP contribution >= 0.6 is 0 Å². The van der Waals surface area contributed by atoms with E-state index in [4.69, 9.17) is 4.74 Å². The van der Waals surface area contributed by atoms with Gasteiger partial charge in [-0.05, 0) is 25.5 Å². The lowest BCUT2D eigenvalue weighted by atomic mass is 10.2. The first-order chi connectivity index (χ1) is 13.9. The zero-order valence-corrected chi connectivity index (χ0v) is 17.5. The number of nitrogens with zero attached hydrogens (tertiary/aromatic N) is 4. The lowest BCUT2D eigenvalue weighted by Crippen LogP contribution is -2.53. The molecule has 0 saturated carbocycles. The van der Waals surface area contributed by atoms with Crippen molar-refractivity contribution in [2.75, 3.05) is 71.5 Å². The summed E-state index contributed by atoms with van der Waals surface area (Å²) in [5.41, 5.74) is 0.274. The summed E-state index contributed by atoms with van der Waals surface area (Å²) in [6.45, 7) is 6.24. The number of amides is 1. The second-order valence-electron chi connectivity index (χ2n) is 6.98. The fourth-order valence-electron chi connectivity index (χ4n) is 2.96. The van der Waals surface area contributed by atoms with Gasteiger partial charge in [-0.2, -0.15) is 0 Å². The van der Waals surface area contributed by atoms with Crippen LogP contribution in [-0.4, -0.2) is 88.2 Å². The average Bonchev–Trinajstić information content (AvgIpc) is 2.71. The van der Waals surface area contributed by atoms with E-state index < -0.39 is 11.6 Å². The van der Waals surface area contributed by atoms with Gasteiger partial charge in [-0.15, -0.1) is 0 Å². The van der Waals surface area contributed by atoms with E-state index in [0.29, 0.717) is 51.9 Å². The van der Waals surface area contributed by atoms with Gasteiger partial charge in [-0.3, -0.25) is 4.79 Å². The SMILES string of the molecule is CCOCCCNC(=NCC(=O)N(C)C)N1CCN(c2cc(F)ccc2F)CC1. The summed E-state index contributed by atoms with van der Waals surface area (Å²) in [5.74, 6) is -0.321. The molecule has 1 aliphatic heterocycles. The van der Waals surface area contributed by atoms with Crippen molar-refractivity contribution in [1.29, 1.82) is 0 Å². The Kier molecular flexibility index (Phi) is 9.11. The molecule has 0 radical (unpaired) electrons. The maximum absolute atomic E-state index is 14.1. The molecule has 0 aliphatic carbocycles. The highest BCUT2D eigenvalue weighted by Crippen LogP contribution is 2.21. The van der Waals surface area contributed by atoms with Crippen LogP contribution in [-0.2, 0) is 9.53 Å². The fraction of sp³-hybridized carbons (Fsp3) is 0.600. The minimum Gasteiger partial charge on any atom is -0.382 e.